The number of carbonyl (C=O) groups excluding carboxylic acids is 1. The SMILES string of the molecule is N[C@@H]1CCN(C(=O)CNS(=O)(=O)c2ccc(OC(F)(F)F)cc2)C1. The van der Waals surface area contributed by atoms with Crippen molar-refractivity contribution >= 4 is 15.9 Å². The molecule has 7 nitrogen and oxygen atoms in total. The van der Waals surface area contributed by atoms with Crippen molar-refractivity contribution < 1.29 is 31.1 Å². The Kier molecular flexibility index (Phi) is 5.35. The molecular formula is C13H16F3N3O4S. The monoisotopic (exact) mass is 367 g/mol. The van der Waals surface area contributed by atoms with Crippen LogP contribution in [0.2, 0.25) is 0 Å². The smallest absolute Gasteiger partial charge is 0.406 e. The molecule has 1 saturated heterocycles. The van der Waals surface area contributed by atoms with Crippen molar-refractivity contribution in [1.82, 2.24) is 9.62 Å². The van der Waals surface area contributed by atoms with Crippen LogP contribution in [0.5, 0.6) is 5.75 Å². The van der Waals surface area contributed by atoms with Gasteiger partial charge in [0.05, 0.1) is 11.4 Å². The lowest BCUT2D eigenvalue weighted by atomic mass is 10.3. The highest BCUT2D eigenvalue weighted by Crippen LogP contribution is 2.23. The van der Waals surface area contributed by atoms with Crippen LogP contribution in [0.15, 0.2) is 29.2 Å². The lowest BCUT2D eigenvalue weighted by Crippen LogP contribution is -2.40. The van der Waals surface area contributed by atoms with Gasteiger partial charge in [-0.15, -0.1) is 13.2 Å². The zero-order chi connectivity index (χ0) is 18.0. The van der Waals surface area contributed by atoms with E-state index in [1.54, 1.807) is 0 Å². The zero-order valence-corrected chi connectivity index (χ0v) is 13.2. The fourth-order valence-corrected chi connectivity index (χ4v) is 3.16. The molecule has 0 aliphatic carbocycles. The fourth-order valence-electron chi connectivity index (χ4n) is 2.19. The number of amides is 1. The fraction of sp³-hybridized carbons (Fsp3) is 0.462. The van der Waals surface area contributed by atoms with Crippen molar-refractivity contribution in [2.75, 3.05) is 19.6 Å². The lowest BCUT2D eigenvalue weighted by Gasteiger charge is -2.16. The Hall–Kier alpha value is -1.85. The summed E-state index contributed by atoms with van der Waals surface area (Å²) in [5, 5.41) is 0. The van der Waals surface area contributed by atoms with E-state index in [2.05, 4.69) is 9.46 Å². The molecule has 3 N–H and O–H groups in total. The van der Waals surface area contributed by atoms with Crippen molar-refractivity contribution in [2.24, 2.45) is 5.73 Å². The Morgan fingerprint density at radius 3 is 2.46 bits per heavy atom. The molecule has 1 aromatic rings. The molecule has 1 aliphatic rings. The Morgan fingerprint density at radius 1 is 1.33 bits per heavy atom. The molecule has 0 bridgehead atoms. The number of hydrogen-bond acceptors (Lipinski definition) is 5. The molecule has 0 spiro atoms. The summed E-state index contributed by atoms with van der Waals surface area (Å²) in [6.45, 7) is 0.380. The lowest BCUT2D eigenvalue weighted by molar-refractivity contribution is -0.274. The molecule has 0 radical (unpaired) electrons. The third kappa shape index (κ3) is 5.08. The molecule has 1 amide bonds. The third-order valence-electron chi connectivity index (χ3n) is 3.36. The van der Waals surface area contributed by atoms with E-state index in [9.17, 15) is 26.4 Å². The van der Waals surface area contributed by atoms with Crippen molar-refractivity contribution in [2.45, 2.75) is 23.7 Å². The molecule has 1 atom stereocenters. The van der Waals surface area contributed by atoms with Gasteiger partial charge in [-0.05, 0) is 30.7 Å². The molecule has 134 valence electrons. The predicted molar refractivity (Wildman–Crippen MR) is 77.5 cm³/mol. The number of nitrogens with zero attached hydrogens (tertiary/aromatic N) is 1. The molecule has 0 aromatic heterocycles. The van der Waals surface area contributed by atoms with Gasteiger partial charge in [0.1, 0.15) is 5.75 Å². The summed E-state index contributed by atoms with van der Waals surface area (Å²) >= 11 is 0. The summed E-state index contributed by atoms with van der Waals surface area (Å²) < 4.78 is 66.0. The molecule has 1 aromatic carbocycles. The first-order valence-corrected chi connectivity index (χ1v) is 8.44. The molecule has 1 fully saturated rings. The van der Waals surface area contributed by atoms with Gasteiger partial charge in [0.2, 0.25) is 15.9 Å². The molecule has 11 heteroatoms. The van der Waals surface area contributed by atoms with E-state index < -0.39 is 34.6 Å². The summed E-state index contributed by atoms with van der Waals surface area (Å²) in [4.78, 5) is 13.1. The molecule has 1 heterocycles. The van der Waals surface area contributed by atoms with Crippen LogP contribution in [0.25, 0.3) is 0 Å². The van der Waals surface area contributed by atoms with E-state index in [0.29, 0.717) is 19.5 Å². The summed E-state index contributed by atoms with van der Waals surface area (Å²) in [7, 11) is -4.02. The topological polar surface area (TPSA) is 102 Å². The van der Waals surface area contributed by atoms with Crippen LogP contribution >= 0.6 is 0 Å². The largest absolute Gasteiger partial charge is 0.573 e. The third-order valence-corrected chi connectivity index (χ3v) is 4.78. The number of nitrogens with one attached hydrogen (secondary N) is 1. The van der Waals surface area contributed by atoms with E-state index in [-0.39, 0.29) is 10.9 Å². The second-order valence-corrected chi connectivity index (χ2v) is 7.00. The number of ether oxygens (including phenoxy) is 1. The first-order chi connectivity index (χ1) is 11.1. The van der Waals surface area contributed by atoms with Crippen LogP contribution in [-0.2, 0) is 14.8 Å². The van der Waals surface area contributed by atoms with Gasteiger partial charge >= 0.3 is 6.36 Å². The van der Waals surface area contributed by atoms with E-state index >= 15 is 0 Å². The Balaban J connectivity index is 1.96. The average Bonchev–Trinajstić information content (AvgIpc) is 2.90. The Morgan fingerprint density at radius 2 is 1.96 bits per heavy atom. The number of halogens is 3. The predicted octanol–water partition coefficient (Wildman–Crippen LogP) is 0.423. The summed E-state index contributed by atoms with van der Waals surface area (Å²) in [5.74, 6) is -0.952. The van der Waals surface area contributed by atoms with Crippen molar-refractivity contribution in [3.05, 3.63) is 24.3 Å². The van der Waals surface area contributed by atoms with E-state index in [0.717, 1.165) is 24.3 Å². The van der Waals surface area contributed by atoms with Crippen molar-refractivity contribution in [3.63, 3.8) is 0 Å². The quantitative estimate of drug-likeness (QED) is 0.786. The van der Waals surface area contributed by atoms with E-state index in [1.165, 1.54) is 4.90 Å². The van der Waals surface area contributed by atoms with Gasteiger partial charge in [-0.3, -0.25) is 4.79 Å². The molecule has 2 rings (SSSR count). The first-order valence-electron chi connectivity index (χ1n) is 6.96. The minimum atomic E-state index is -4.86. The standard InChI is InChI=1S/C13H16F3N3O4S/c14-13(15,16)23-10-1-3-11(4-2-10)24(21,22)18-7-12(20)19-6-5-9(17)8-19/h1-4,9,18H,5-8,17H2/t9-/m1/s1. The van der Waals surface area contributed by atoms with Crippen LogP contribution < -0.4 is 15.2 Å². The Labute approximate surface area is 136 Å². The maximum absolute atomic E-state index is 12.1. The number of sulfonamides is 1. The normalized spacial score (nSPS) is 18.7. The van der Waals surface area contributed by atoms with Gasteiger partial charge in [-0.2, -0.15) is 0 Å². The number of hydrogen-bond donors (Lipinski definition) is 2. The van der Waals surface area contributed by atoms with Crippen LogP contribution in [0.1, 0.15) is 6.42 Å². The van der Waals surface area contributed by atoms with Gasteiger partial charge in [0.15, 0.2) is 0 Å². The van der Waals surface area contributed by atoms with Gasteiger partial charge in [0.25, 0.3) is 0 Å². The van der Waals surface area contributed by atoms with Crippen molar-refractivity contribution in [1.29, 1.82) is 0 Å². The van der Waals surface area contributed by atoms with Gasteiger partial charge < -0.3 is 15.4 Å². The molecule has 1 aliphatic heterocycles. The molecule has 0 saturated carbocycles. The van der Waals surface area contributed by atoms with E-state index in [1.807, 2.05) is 0 Å². The molecule has 24 heavy (non-hydrogen) atoms. The highest BCUT2D eigenvalue weighted by atomic mass is 32.2. The number of rotatable bonds is 5. The van der Waals surface area contributed by atoms with Crippen LogP contribution in [0.4, 0.5) is 13.2 Å². The maximum Gasteiger partial charge on any atom is 0.573 e. The number of alkyl halides is 3. The highest BCUT2D eigenvalue weighted by Gasteiger charge is 2.31. The second-order valence-electron chi connectivity index (χ2n) is 5.23. The average molecular weight is 367 g/mol. The van der Waals surface area contributed by atoms with Gasteiger partial charge in [-0.1, -0.05) is 0 Å². The summed E-state index contributed by atoms with van der Waals surface area (Å²) in [6.07, 6.45) is -4.21. The van der Waals surface area contributed by atoms with Crippen LogP contribution in [0.3, 0.4) is 0 Å². The number of likely N-dealkylation sites (tertiary alicyclic amines) is 1. The minimum Gasteiger partial charge on any atom is -0.406 e. The second kappa shape index (κ2) is 6.95. The Bertz CT molecular complexity index is 691. The summed E-state index contributed by atoms with van der Waals surface area (Å²) in [5.41, 5.74) is 5.67. The van der Waals surface area contributed by atoms with Gasteiger partial charge in [-0.25, -0.2) is 13.1 Å². The number of benzene rings is 1. The highest BCUT2D eigenvalue weighted by molar-refractivity contribution is 7.89. The van der Waals surface area contributed by atoms with Gasteiger partial charge in [0, 0.05) is 19.1 Å². The number of carbonyl (C=O) groups is 1. The minimum absolute atomic E-state index is 0.119. The summed E-state index contributed by atoms with van der Waals surface area (Å²) in [6, 6.07) is 3.55. The molecule has 0 unspecified atom stereocenters. The number of nitrogens with two attached hydrogens (primary N) is 1. The molecular weight excluding hydrogens is 351 g/mol. The van der Waals surface area contributed by atoms with Crippen LogP contribution in [0, 0.1) is 0 Å². The zero-order valence-electron chi connectivity index (χ0n) is 12.4. The van der Waals surface area contributed by atoms with E-state index in [4.69, 9.17) is 5.73 Å². The van der Waals surface area contributed by atoms with Crippen molar-refractivity contribution in [3.8, 4) is 5.75 Å². The maximum atomic E-state index is 12.1. The van der Waals surface area contributed by atoms with Crippen LogP contribution in [-0.4, -0.2) is 51.3 Å². The first kappa shape index (κ1) is 18.5.